The standard InChI is InChI=1S/C10H19BrN4O2S/c1-4-5-15-10(8(11)6-13-15)9(14-12)7(2)18(3,16)17/h6-7,9,14H,4-5,12H2,1-3H3. The van der Waals surface area contributed by atoms with Gasteiger partial charge in [0, 0.05) is 12.8 Å². The van der Waals surface area contributed by atoms with Gasteiger partial charge in [-0.15, -0.1) is 0 Å². The highest BCUT2D eigenvalue weighted by atomic mass is 79.9. The zero-order valence-corrected chi connectivity index (χ0v) is 13.1. The van der Waals surface area contributed by atoms with E-state index in [-0.39, 0.29) is 0 Å². The number of nitrogens with two attached hydrogens (primary N) is 1. The van der Waals surface area contributed by atoms with Gasteiger partial charge in [-0.3, -0.25) is 16.0 Å². The van der Waals surface area contributed by atoms with Gasteiger partial charge in [0.1, 0.15) is 0 Å². The minimum atomic E-state index is -3.19. The Kier molecular flexibility index (Phi) is 5.32. The van der Waals surface area contributed by atoms with Crippen molar-refractivity contribution >= 4 is 25.8 Å². The van der Waals surface area contributed by atoms with Gasteiger partial charge in [-0.05, 0) is 29.3 Å². The molecule has 0 aromatic carbocycles. The van der Waals surface area contributed by atoms with E-state index in [1.807, 2.05) is 6.92 Å². The van der Waals surface area contributed by atoms with Crippen molar-refractivity contribution in [2.45, 2.75) is 38.1 Å². The van der Waals surface area contributed by atoms with Crippen LogP contribution in [0.3, 0.4) is 0 Å². The second-order valence-corrected chi connectivity index (χ2v) is 7.54. The van der Waals surface area contributed by atoms with Crippen LogP contribution in [0.25, 0.3) is 0 Å². The number of hydrogen-bond acceptors (Lipinski definition) is 5. The minimum Gasteiger partial charge on any atom is -0.271 e. The van der Waals surface area contributed by atoms with E-state index < -0.39 is 21.1 Å². The molecule has 18 heavy (non-hydrogen) atoms. The van der Waals surface area contributed by atoms with Crippen LogP contribution in [0.2, 0.25) is 0 Å². The van der Waals surface area contributed by atoms with Crippen molar-refractivity contribution in [2.24, 2.45) is 5.84 Å². The molecule has 3 N–H and O–H groups in total. The molecule has 8 heteroatoms. The van der Waals surface area contributed by atoms with Gasteiger partial charge in [0.05, 0.1) is 27.7 Å². The molecule has 0 radical (unpaired) electrons. The predicted molar refractivity (Wildman–Crippen MR) is 74.6 cm³/mol. The van der Waals surface area contributed by atoms with Gasteiger partial charge >= 0.3 is 0 Å². The minimum absolute atomic E-state index is 0.497. The van der Waals surface area contributed by atoms with E-state index in [4.69, 9.17) is 5.84 Å². The van der Waals surface area contributed by atoms with Crippen LogP contribution in [0, 0.1) is 0 Å². The summed E-state index contributed by atoms with van der Waals surface area (Å²) >= 11 is 3.39. The van der Waals surface area contributed by atoms with Crippen molar-refractivity contribution in [1.82, 2.24) is 15.2 Å². The molecule has 0 fully saturated rings. The number of sulfone groups is 1. The SMILES string of the molecule is CCCn1ncc(Br)c1C(NN)C(C)S(C)(=O)=O. The van der Waals surface area contributed by atoms with Gasteiger partial charge in [0.15, 0.2) is 9.84 Å². The molecule has 0 bridgehead atoms. The largest absolute Gasteiger partial charge is 0.271 e. The highest BCUT2D eigenvalue weighted by Crippen LogP contribution is 2.28. The molecule has 0 spiro atoms. The highest BCUT2D eigenvalue weighted by Gasteiger charge is 2.30. The van der Waals surface area contributed by atoms with E-state index in [1.54, 1.807) is 17.8 Å². The van der Waals surface area contributed by atoms with Crippen molar-refractivity contribution in [1.29, 1.82) is 0 Å². The lowest BCUT2D eigenvalue weighted by Gasteiger charge is -2.23. The van der Waals surface area contributed by atoms with Crippen LogP contribution >= 0.6 is 15.9 Å². The Bertz CT molecular complexity index is 500. The summed E-state index contributed by atoms with van der Waals surface area (Å²) in [5.74, 6) is 5.52. The number of rotatable bonds is 6. The van der Waals surface area contributed by atoms with Crippen LogP contribution in [0.4, 0.5) is 0 Å². The summed E-state index contributed by atoms with van der Waals surface area (Å²) in [6.07, 6.45) is 3.77. The number of hydrazine groups is 1. The van der Waals surface area contributed by atoms with Crippen LogP contribution in [0.1, 0.15) is 32.0 Å². The third-order valence-corrected chi connectivity index (χ3v) is 5.12. The lowest BCUT2D eigenvalue weighted by Crippen LogP contribution is -2.40. The molecular weight excluding hydrogens is 320 g/mol. The Morgan fingerprint density at radius 1 is 1.61 bits per heavy atom. The van der Waals surface area contributed by atoms with E-state index >= 15 is 0 Å². The maximum Gasteiger partial charge on any atom is 0.152 e. The average Bonchev–Trinajstić information content (AvgIpc) is 2.62. The van der Waals surface area contributed by atoms with Gasteiger partial charge in [0.25, 0.3) is 0 Å². The second kappa shape index (κ2) is 6.14. The monoisotopic (exact) mass is 338 g/mol. The van der Waals surface area contributed by atoms with Crippen LogP contribution < -0.4 is 11.3 Å². The summed E-state index contributed by atoms with van der Waals surface area (Å²) in [7, 11) is -3.19. The fourth-order valence-corrected chi connectivity index (χ4v) is 3.00. The lowest BCUT2D eigenvalue weighted by molar-refractivity contribution is 0.461. The molecule has 1 aromatic rings. The summed E-state index contributed by atoms with van der Waals surface area (Å²) in [5, 5.41) is 3.58. The molecule has 2 atom stereocenters. The van der Waals surface area contributed by atoms with E-state index in [2.05, 4.69) is 26.5 Å². The molecule has 1 heterocycles. The molecule has 2 unspecified atom stereocenters. The van der Waals surface area contributed by atoms with Crippen molar-refractivity contribution in [3.63, 3.8) is 0 Å². The van der Waals surface area contributed by atoms with Crippen molar-refractivity contribution in [3.8, 4) is 0 Å². The van der Waals surface area contributed by atoms with Gasteiger partial charge in [-0.2, -0.15) is 5.10 Å². The zero-order valence-electron chi connectivity index (χ0n) is 10.7. The highest BCUT2D eigenvalue weighted by molar-refractivity contribution is 9.10. The third kappa shape index (κ3) is 3.31. The molecule has 0 aliphatic rings. The van der Waals surface area contributed by atoms with Crippen LogP contribution in [-0.2, 0) is 16.4 Å². The van der Waals surface area contributed by atoms with E-state index in [1.165, 1.54) is 6.26 Å². The van der Waals surface area contributed by atoms with Gasteiger partial charge in [0.2, 0.25) is 0 Å². The Morgan fingerprint density at radius 2 is 2.22 bits per heavy atom. The maximum absolute atomic E-state index is 11.7. The lowest BCUT2D eigenvalue weighted by atomic mass is 10.1. The molecule has 0 saturated heterocycles. The fraction of sp³-hybridized carbons (Fsp3) is 0.700. The normalized spacial score (nSPS) is 15.6. The first-order valence-corrected chi connectivity index (χ1v) is 8.43. The Labute approximate surface area is 116 Å². The molecular formula is C10H19BrN4O2S. The van der Waals surface area contributed by atoms with Gasteiger partial charge < -0.3 is 0 Å². The third-order valence-electron chi connectivity index (χ3n) is 2.89. The van der Waals surface area contributed by atoms with Crippen LogP contribution in [0.5, 0.6) is 0 Å². The summed E-state index contributed by atoms with van der Waals surface area (Å²) < 4.78 is 25.9. The Hall–Kier alpha value is -0.440. The molecule has 0 saturated carbocycles. The number of aryl methyl sites for hydroxylation is 1. The first kappa shape index (κ1) is 15.6. The number of halogens is 1. The molecule has 0 amide bonds. The number of hydrogen-bond donors (Lipinski definition) is 2. The summed E-state index contributed by atoms with van der Waals surface area (Å²) in [6.45, 7) is 4.38. The molecule has 6 nitrogen and oxygen atoms in total. The predicted octanol–water partition coefficient (Wildman–Crippen LogP) is 0.993. The first-order valence-electron chi connectivity index (χ1n) is 5.69. The molecule has 1 rings (SSSR count). The van der Waals surface area contributed by atoms with E-state index in [0.717, 1.165) is 23.1 Å². The van der Waals surface area contributed by atoms with E-state index in [0.29, 0.717) is 0 Å². The maximum atomic E-state index is 11.7. The second-order valence-electron chi connectivity index (χ2n) is 4.28. The smallest absolute Gasteiger partial charge is 0.152 e. The van der Waals surface area contributed by atoms with E-state index in [9.17, 15) is 8.42 Å². The van der Waals surface area contributed by atoms with Crippen LogP contribution in [0.15, 0.2) is 10.7 Å². The van der Waals surface area contributed by atoms with Crippen molar-refractivity contribution < 1.29 is 8.42 Å². The summed E-state index contributed by atoms with van der Waals surface area (Å²) in [4.78, 5) is 0. The number of nitrogens with zero attached hydrogens (tertiary/aromatic N) is 2. The quantitative estimate of drug-likeness (QED) is 0.596. The Morgan fingerprint density at radius 3 is 2.67 bits per heavy atom. The topological polar surface area (TPSA) is 90.0 Å². The molecule has 1 aromatic heterocycles. The average molecular weight is 339 g/mol. The number of aromatic nitrogens is 2. The zero-order chi connectivity index (χ0) is 13.9. The van der Waals surface area contributed by atoms with Crippen molar-refractivity contribution in [3.05, 3.63) is 16.4 Å². The fourth-order valence-electron chi connectivity index (χ4n) is 1.76. The van der Waals surface area contributed by atoms with Crippen LogP contribution in [-0.4, -0.2) is 29.7 Å². The van der Waals surface area contributed by atoms with Gasteiger partial charge in [-0.1, -0.05) is 6.92 Å². The van der Waals surface area contributed by atoms with Crippen molar-refractivity contribution in [2.75, 3.05) is 6.26 Å². The van der Waals surface area contributed by atoms with Gasteiger partial charge in [-0.25, -0.2) is 8.42 Å². The molecule has 0 aliphatic carbocycles. The first-order chi connectivity index (χ1) is 8.32. The summed E-state index contributed by atoms with van der Waals surface area (Å²) in [6, 6.07) is -0.497. The molecule has 104 valence electrons. The Balaban J connectivity index is 3.20. The summed E-state index contributed by atoms with van der Waals surface area (Å²) in [5.41, 5.74) is 3.34. The number of nitrogens with one attached hydrogen (secondary N) is 1. The molecule has 0 aliphatic heterocycles.